The Balaban J connectivity index is 0.00000144. The Hall–Kier alpha value is -0.864. The van der Waals surface area contributed by atoms with Gasteiger partial charge in [0.2, 0.25) is 0 Å². The molecule has 0 unspecified atom stereocenters. The van der Waals surface area contributed by atoms with Gasteiger partial charge < -0.3 is 11.7 Å². The second kappa shape index (κ2) is 6.63. The summed E-state index contributed by atoms with van der Waals surface area (Å²) in [6, 6.07) is 7.34. The minimum Gasteiger partial charge on any atom is -0.376 e. The number of benzene rings is 1. The summed E-state index contributed by atoms with van der Waals surface area (Å²) in [5.41, 5.74) is 1.50. The molecule has 1 aromatic carbocycles. The molecule has 2 heteroatoms. The molecule has 0 spiro atoms. The van der Waals surface area contributed by atoms with Crippen LogP contribution in [0.5, 0.6) is 0 Å². The average Bonchev–Trinajstić information content (AvgIpc) is 2.15. The van der Waals surface area contributed by atoms with Gasteiger partial charge in [0.15, 0.2) is 0 Å². The normalized spacial score (nSPS) is 9.62. The standard InChI is InChI=1S/C11H10O.Co/c1-2-3-6-10-7-4-5-8-11(10)9-12;/h3-8H,1-2H2;/q-2;+2/b6-3-;. The molecule has 0 amide bonds. The molecule has 0 aliphatic heterocycles. The minimum absolute atomic E-state index is 0. The third-order valence-corrected chi connectivity index (χ3v) is 1.53. The molecule has 0 fully saturated rings. The molecule has 0 saturated carbocycles. The fraction of sp³-hybridized carbons (Fsp3) is 0.0909. The zero-order valence-corrected chi connectivity index (χ0v) is 8.16. The van der Waals surface area contributed by atoms with E-state index >= 15 is 0 Å². The first-order chi connectivity index (χ1) is 5.88. The zero-order chi connectivity index (χ0) is 8.81. The van der Waals surface area contributed by atoms with Gasteiger partial charge in [-0.3, -0.25) is 0 Å². The van der Waals surface area contributed by atoms with Crippen LogP contribution in [0.2, 0.25) is 0 Å². The molecule has 69 valence electrons. The van der Waals surface area contributed by atoms with Crippen LogP contribution in [0.15, 0.2) is 30.3 Å². The van der Waals surface area contributed by atoms with Gasteiger partial charge in [0, 0.05) is 0 Å². The van der Waals surface area contributed by atoms with E-state index in [1.165, 1.54) is 0 Å². The van der Waals surface area contributed by atoms with Crippen molar-refractivity contribution in [2.24, 2.45) is 0 Å². The van der Waals surface area contributed by atoms with Gasteiger partial charge in [0.25, 0.3) is 0 Å². The molecule has 0 saturated heterocycles. The summed E-state index contributed by atoms with van der Waals surface area (Å²) in [7, 11) is 0. The second-order valence-corrected chi connectivity index (χ2v) is 2.38. The summed E-state index contributed by atoms with van der Waals surface area (Å²) in [6.07, 6.45) is 6.41. The Morgan fingerprint density at radius 1 is 1.38 bits per heavy atom. The van der Waals surface area contributed by atoms with Crippen LogP contribution >= 0.6 is 0 Å². The van der Waals surface area contributed by atoms with Gasteiger partial charge in [-0.25, -0.2) is 0 Å². The van der Waals surface area contributed by atoms with E-state index in [9.17, 15) is 4.79 Å². The van der Waals surface area contributed by atoms with Crippen molar-refractivity contribution >= 4 is 12.4 Å². The SMILES string of the molecule is [CH2-]C/C=C\c1ccccc1[C-]=O.[Co+2]. The minimum atomic E-state index is 0. The summed E-state index contributed by atoms with van der Waals surface area (Å²) in [5, 5.41) is 0. The van der Waals surface area contributed by atoms with Gasteiger partial charge in [0.05, 0.1) is 6.29 Å². The molecule has 0 aromatic heterocycles. The molecule has 0 aliphatic carbocycles. The first-order valence-corrected chi connectivity index (χ1v) is 3.81. The maximum atomic E-state index is 10.4. The molecule has 0 atom stereocenters. The van der Waals surface area contributed by atoms with Crippen LogP contribution in [0, 0.1) is 6.92 Å². The second-order valence-electron chi connectivity index (χ2n) is 2.38. The summed E-state index contributed by atoms with van der Waals surface area (Å²) < 4.78 is 0. The van der Waals surface area contributed by atoms with Gasteiger partial charge in [0.1, 0.15) is 0 Å². The summed E-state index contributed by atoms with van der Waals surface area (Å²) in [6.45, 7) is 3.67. The molecule has 0 N–H and O–H groups in total. The van der Waals surface area contributed by atoms with Gasteiger partial charge in [-0.1, -0.05) is 6.07 Å². The monoisotopic (exact) mass is 217 g/mol. The van der Waals surface area contributed by atoms with Crippen molar-refractivity contribution in [3.63, 3.8) is 0 Å². The summed E-state index contributed by atoms with van der Waals surface area (Å²) >= 11 is 0. The molecular weight excluding hydrogens is 207 g/mol. The smallest absolute Gasteiger partial charge is 0.376 e. The number of allylic oxidation sites excluding steroid dienone is 1. The Kier molecular flexibility index (Phi) is 6.19. The van der Waals surface area contributed by atoms with E-state index in [-0.39, 0.29) is 16.8 Å². The molecule has 0 aliphatic rings. The van der Waals surface area contributed by atoms with Crippen molar-refractivity contribution in [1.29, 1.82) is 0 Å². The van der Waals surface area contributed by atoms with Crippen LogP contribution in [-0.2, 0) is 21.6 Å². The van der Waals surface area contributed by atoms with Crippen molar-refractivity contribution in [2.45, 2.75) is 6.42 Å². The van der Waals surface area contributed by atoms with E-state index in [2.05, 4.69) is 6.92 Å². The molecule has 1 nitrogen and oxygen atoms in total. The van der Waals surface area contributed by atoms with E-state index < -0.39 is 0 Å². The van der Waals surface area contributed by atoms with Crippen LogP contribution in [0.4, 0.5) is 0 Å². The molecule has 0 bridgehead atoms. The quantitative estimate of drug-likeness (QED) is 0.710. The van der Waals surface area contributed by atoms with Crippen LogP contribution in [0.1, 0.15) is 17.5 Å². The van der Waals surface area contributed by atoms with E-state index in [1.54, 1.807) is 6.07 Å². The summed E-state index contributed by atoms with van der Waals surface area (Å²) in [5.74, 6) is 0. The van der Waals surface area contributed by atoms with Gasteiger partial charge in [-0.2, -0.15) is 12.5 Å². The maximum Gasteiger partial charge on any atom is 2.00 e. The Morgan fingerprint density at radius 3 is 2.69 bits per heavy atom. The first kappa shape index (κ1) is 12.1. The number of rotatable bonds is 3. The van der Waals surface area contributed by atoms with Crippen molar-refractivity contribution in [1.82, 2.24) is 0 Å². The van der Waals surface area contributed by atoms with E-state index in [0.29, 0.717) is 5.56 Å². The molecule has 1 aromatic rings. The maximum absolute atomic E-state index is 10.4. The van der Waals surface area contributed by atoms with E-state index in [0.717, 1.165) is 12.0 Å². The van der Waals surface area contributed by atoms with Crippen molar-refractivity contribution in [2.75, 3.05) is 0 Å². The largest absolute Gasteiger partial charge is 2.00 e. The molecule has 1 rings (SSSR count). The average molecular weight is 217 g/mol. The fourth-order valence-corrected chi connectivity index (χ4v) is 0.946. The predicted octanol–water partition coefficient (Wildman–Crippen LogP) is 2.38. The van der Waals surface area contributed by atoms with E-state index in [4.69, 9.17) is 0 Å². The first-order valence-electron chi connectivity index (χ1n) is 3.81. The number of hydrogen-bond acceptors (Lipinski definition) is 1. The van der Waals surface area contributed by atoms with Gasteiger partial charge in [-0.05, 0) is 0 Å². The fourth-order valence-electron chi connectivity index (χ4n) is 0.946. The topological polar surface area (TPSA) is 17.1 Å². The third-order valence-electron chi connectivity index (χ3n) is 1.53. The Bertz CT molecular complexity index is 292. The number of carbonyl (C=O) groups excluding carboxylic acids is 1. The molecular formula is C11H10CoO. The third kappa shape index (κ3) is 3.57. The zero-order valence-electron chi connectivity index (χ0n) is 7.12. The predicted molar refractivity (Wildman–Crippen MR) is 50.2 cm³/mol. The van der Waals surface area contributed by atoms with Crippen molar-refractivity contribution < 1.29 is 21.6 Å². The van der Waals surface area contributed by atoms with Gasteiger partial charge >= 0.3 is 16.8 Å². The van der Waals surface area contributed by atoms with Crippen LogP contribution in [-0.4, -0.2) is 6.29 Å². The molecule has 1 radical (unpaired) electrons. The van der Waals surface area contributed by atoms with Gasteiger partial charge in [-0.15, -0.1) is 35.4 Å². The molecule has 0 heterocycles. The molecule has 13 heavy (non-hydrogen) atoms. The van der Waals surface area contributed by atoms with Crippen molar-refractivity contribution in [3.05, 3.63) is 48.4 Å². The Morgan fingerprint density at radius 2 is 2.08 bits per heavy atom. The van der Waals surface area contributed by atoms with Crippen LogP contribution in [0.25, 0.3) is 6.08 Å². The number of hydrogen-bond donors (Lipinski definition) is 0. The summed E-state index contributed by atoms with van der Waals surface area (Å²) in [4.78, 5) is 10.4. The van der Waals surface area contributed by atoms with Crippen molar-refractivity contribution in [3.8, 4) is 0 Å². The van der Waals surface area contributed by atoms with Crippen LogP contribution < -0.4 is 0 Å². The van der Waals surface area contributed by atoms with E-state index in [1.807, 2.05) is 36.6 Å². The Labute approximate surface area is 89.0 Å². The van der Waals surface area contributed by atoms with Crippen LogP contribution in [0.3, 0.4) is 0 Å².